The Kier molecular flexibility index (Phi) is 4.29. The van der Waals surface area contributed by atoms with Crippen molar-refractivity contribution in [2.45, 2.75) is 0 Å². The van der Waals surface area contributed by atoms with E-state index in [1.165, 1.54) is 24.3 Å². The number of aromatic hydroxyl groups is 1. The van der Waals surface area contributed by atoms with Crippen molar-refractivity contribution in [3.63, 3.8) is 0 Å². The molecule has 2 aromatic rings. The summed E-state index contributed by atoms with van der Waals surface area (Å²) in [6.07, 6.45) is 3.64. The molecule has 4 nitrogen and oxygen atoms in total. The minimum Gasteiger partial charge on any atom is -0.508 e. The largest absolute Gasteiger partial charge is 0.508 e. The van der Waals surface area contributed by atoms with Gasteiger partial charge in [-0.3, -0.25) is 9.59 Å². The van der Waals surface area contributed by atoms with Gasteiger partial charge in [0.25, 0.3) is 0 Å². The van der Waals surface area contributed by atoms with Gasteiger partial charge in [-0.2, -0.15) is 0 Å². The van der Waals surface area contributed by atoms with Crippen LogP contribution in [0.1, 0.15) is 15.9 Å². The Bertz CT molecular complexity index is 648. The molecule has 1 amide bonds. The lowest BCUT2D eigenvalue weighted by atomic mass is 10.2. The van der Waals surface area contributed by atoms with Crippen LogP contribution in [0.25, 0.3) is 6.08 Å². The summed E-state index contributed by atoms with van der Waals surface area (Å²) in [5, 5.41) is 11.9. The molecule has 0 spiro atoms. The fourth-order valence-corrected chi connectivity index (χ4v) is 1.67. The highest BCUT2D eigenvalue weighted by atomic mass is 16.3. The summed E-state index contributed by atoms with van der Waals surface area (Å²) in [4.78, 5) is 22.6. The number of phenols is 1. The number of phenolic OH excluding ortho intramolecular Hbond substituents is 1. The van der Waals surface area contributed by atoms with Crippen molar-refractivity contribution >= 4 is 24.0 Å². The SMILES string of the molecule is O=Cc1cc(O)ccc1NC(=O)/C=C/c1ccccc1. The minimum atomic E-state index is -0.345. The summed E-state index contributed by atoms with van der Waals surface area (Å²) >= 11 is 0. The van der Waals surface area contributed by atoms with E-state index in [0.717, 1.165) is 5.56 Å². The summed E-state index contributed by atoms with van der Waals surface area (Å²) < 4.78 is 0. The monoisotopic (exact) mass is 267 g/mol. The Morgan fingerprint density at radius 3 is 2.55 bits per heavy atom. The van der Waals surface area contributed by atoms with Gasteiger partial charge in [0, 0.05) is 11.6 Å². The molecule has 20 heavy (non-hydrogen) atoms. The molecule has 0 unspecified atom stereocenters. The number of aldehydes is 1. The number of hydrogen-bond acceptors (Lipinski definition) is 3. The molecule has 0 saturated carbocycles. The van der Waals surface area contributed by atoms with Gasteiger partial charge in [0.15, 0.2) is 6.29 Å². The van der Waals surface area contributed by atoms with E-state index >= 15 is 0 Å². The highest BCUT2D eigenvalue weighted by Crippen LogP contribution is 2.19. The Balaban J connectivity index is 2.09. The van der Waals surface area contributed by atoms with Crippen molar-refractivity contribution in [3.8, 4) is 5.75 Å². The third-order valence-electron chi connectivity index (χ3n) is 2.65. The zero-order chi connectivity index (χ0) is 14.4. The van der Waals surface area contributed by atoms with Crippen LogP contribution in [0.4, 0.5) is 5.69 Å². The highest BCUT2D eigenvalue weighted by Gasteiger charge is 2.05. The van der Waals surface area contributed by atoms with E-state index in [0.29, 0.717) is 12.0 Å². The second-order valence-corrected chi connectivity index (χ2v) is 4.12. The molecule has 0 saturated heterocycles. The summed E-state index contributed by atoms with van der Waals surface area (Å²) in [5.74, 6) is -0.368. The molecule has 4 heteroatoms. The molecule has 0 bridgehead atoms. The van der Waals surface area contributed by atoms with Crippen LogP contribution in [-0.2, 0) is 4.79 Å². The number of hydrogen-bond donors (Lipinski definition) is 2. The smallest absolute Gasteiger partial charge is 0.248 e. The van der Waals surface area contributed by atoms with Gasteiger partial charge in [-0.1, -0.05) is 30.3 Å². The van der Waals surface area contributed by atoms with Crippen LogP contribution >= 0.6 is 0 Å². The number of carbonyl (C=O) groups is 2. The zero-order valence-electron chi connectivity index (χ0n) is 10.6. The molecule has 2 N–H and O–H groups in total. The Labute approximate surface area is 116 Å². The number of anilines is 1. The quantitative estimate of drug-likeness (QED) is 0.508. The van der Waals surface area contributed by atoms with Gasteiger partial charge >= 0.3 is 0 Å². The van der Waals surface area contributed by atoms with Crippen molar-refractivity contribution < 1.29 is 14.7 Å². The van der Waals surface area contributed by atoms with Crippen LogP contribution in [-0.4, -0.2) is 17.3 Å². The van der Waals surface area contributed by atoms with Gasteiger partial charge in [0.2, 0.25) is 5.91 Å². The van der Waals surface area contributed by atoms with Crippen molar-refractivity contribution in [1.29, 1.82) is 0 Å². The fourth-order valence-electron chi connectivity index (χ4n) is 1.67. The first-order chi connectivity index (χ1) is 9.69. The van der Waals surface area contributed by atoms with Crippen LogP contribution in [0, 0.1) is 0 Å². The molecule has 0 aliphatic heterocycles. The summed E-state index contributed by atoms with van der Waals surface area (Å²) in [5.41, 5.74) is 1.50. The molecule has 2 rings (SSSR count). The molecule has 0 aliphatic rings. The van der Waals surface area contributed by atoms with Crippen molar-refractivity contribution in [1.82, 2.24) is 0 Å². The number of rotatable bonds is 4. The van der Waals surface area contributed by atoms with Crippen LogP contribution in [0.2, 0.25) is 0 Å². The summed E-state index contributed by atoms with van der Waals surface area (Å²) in [6, 6.07) is 13.6. The van der Waals surface area contributed by atoms with Crippen molar-refractivity contribution in [3.05, 3.63) is 65.7 Å². The van der Waals surface area contributed by atoms with Gasteiger partial charge in [0.1, 0.15) is 5.75 Å². The van der Waals surface area contributed by atoms with E-state index in [9.17, 15) is 14.7 Å². The normalized spacial score (nSPS) is 10.4. The van der Waals surface area contributed by atoms with Crippen LogP contribution in [0.15, 0.2) is 54.6 Å². The minimum absolute atomic E-state index is 0.0232. The van der Waals surface area contributed by atoms with E-state index < -0.39 is 0 Å². The van der Waals surface area contributed by atoms with Crippen LogP contribution in [0.3, 0.4) is 0 Å². The average molecular weight is 267 g/mol. The molecular formula is C16H13NO3. The second-order valence-electron chi connectivity index (χ2n) is 4.12. The third-order valence-corrected chi connectivity index (χ3v) is 2.65. The van der Waals surface area contributed by atoms with Gasteiger partial charge in [-0.25, -0.2) is 0 Å². The van der Waals surface area contributed by atoms with Gasteiger partial charge < -0.3 is 10.4 Å². The van der Waals surface area contributed by atoms with Crippen molar-refractivity contribution in [2.75, 3.05) is 5.32 Å². The predicted octanol–water partition coefficient (Wildman–Crippen LogP) is 2.86. The molecule has 0 aromatic heterocycles. The lowest BCUT2D eigenvalue weighted by Gasteiger charge is -2.05. The Morgan fingerprint density at radius 2 is 1.85 bits per heavy atom. The third kappa shape index (κ3) is 3.55. The van der Waals surface area contributed by atoms with Gasteiger partial charge in [-0.15, -0.1) is 0 Å². The Morgan fingerprint density at radius 1 is 1.10 bits per heavy atom. The Hall–Kier alpha value is -2.88. The second kappa shape index (κ2) is 6.33. The predicted molar refractivity (Wildman–Crippen MR) is 77.6 cm³/mol. The molecule has 0 aliphatic carbocycles. The highest BCUT2D eigenvalue weighted by molar-refractivity contribution is 6.04. The van der Waals surface area contributed by atoms with E-state index in [1.54, 1.807) is 6.08 Å². The summed E-state index contributed by atoms with van der Waals surface area (Å²) in [7, 11) is 0. The molecule has 0 atom stereocenters. The molecule has 0 radical (unpaired) electrons. The van der Waals surface area contributed by atoms with Gasteiger partial charge in [-0.05, 0) is 29.8 Å². The maximum Gasteiger partial charge on any atom is 0.248 e. The lowest BCUT2D eigenvalue weighted by molar-refractivity contribution is -0.111. The number of nitrogens with one attached hydrogen (secondary N) is 1. The van der Waals surface area contributed by atoms with E-state index in [1.807, 2.05) is 30.3 Å². The maximum atomic E-state index is 11.8. The van der Waals surface area contributed by atoms with E-state index in [2.05, 4.69) is 5.32 Å². The van der Waals surface area contributed by atoms with E-state index in [-0.39, 0.29) is 17.2 Å². The first-order valence-corrected chi connectivity index (χ1v) is 6.01. The number of carbonyl (C=O) groups excluding carboxylic acids is 2. The fraction of sp³-hybridized carbons (Fsp3) is 0. The van der Waals surface area contributed by atoms with Crippen LogP contribution < -0.4 is 5.32 Å². The molecule has 100 valence electrons. The molecular weight excluding hydrogens is 254 g/mol. The average Bonchev–Trinajstić information content (AvgIpc) is 2.48. The molecule has 0 fully saturated rings. The number of amides is 1. The first kappa shape index (κ1) is 13.5. The first-order valence-electron chi connectivity index (χ1n) is 6.01. The lowest BCUT2D eigenvalue weighted by Crippen LogP contribution is -2.09. The standard InChI is InChI=1S/C16H13NO3/c18-11-13-10-14(19)7-8-15(13)17-16(20)9-6-12-4-2-1-3-5-12/h1-11,19H,(H,17,20)/b9-6+. The van der Waals surface area contributed by atoms with Crippen LogP contribution in [0.5, 0.6) is 5.75 Å². The molecule has 0 heterocycles. The number of benzene rings is 2. The van der Waals surface area contributed by atoms with Crippen molar-refractivity contribution in [2.24, 2.45) is 0 Å². The topological polar surface area (TPSA) is 66.4 Å². The molecule has 2 aromatic carbocycles. The van der Waals surface area contributed by atoms with Gasteiger partial charge in [0.05, 0.1) is 5.69 Å². The zero-order valence-corrected chi connectivity index (χ0v) is 10.6. The van der Waals surface area contributed by atoms with E-state index in [4.69, 9.17) is 0 Å². The maximum absolute atomic E-state index is 11.8. The summed E-state index contributed by atoms with van der Waals surface area (Å²) in [6.45, 7) is 0.